The van der Waals surface area contributed by atoms with Crippen LogP contribution in [0.1, 0.15) is 113 Å². The second-order valence-corrected chi connectivity index (χ2v) is 10.9. The van der Waals surface area contributed by atoms with E-state index >= 15 is 0 Å². The molecule has 2 saturated heterocycles. The predicted molar refractivity (Wildman–Crippen MR) is 149 cm³/mol. The van der Waals surface area contributed by atoms with Crippen LogP contribution in [0.3, 0.4) is 0 Å². The molecule has 0 bridgehead atoms. The number of ether oxygens (including phenoxy) is 1. The third kappa shape index (κ3) is 6.69. The predicted octanol–water partition coefficient (Wildman–Crippen LogP) is 5.42. The van der Waals surface area contributed by atoms with Gasteiger partial charge in [0, 0.05) is 19.7 Å². The Morgan fingerprint density at radius 3 is 1.47 bits per heavy atom. The molecular formula is C29H52N4O5. The molecule has 6 amide bonds. The second kappa shape index (κ2) is 14.3. The van der Waals surface area contributed by atoms with E-state index in [0.717, 1.165) is 64.2 Å². The van der Waals surface area contributed by atoms with E-state index in [1.807, 2.05) is 13.8 Å². The minimum atomic E-state index is -0.431. The van der Waals surface area contributed by atoms with Gasteiger partial charge in [0.1, 0.15) is 13.1 Å². The van der Waals surface area contributed by atoms with Crippen LogP contribution in [0.5, 0.6) is 0 Å². The summed E-state index contributed by atoms with van der Waals surface area (Å²) in [6.45, 7) is 16.2. The molecule has 0 spiro atoms. The van der Waals surface area contributed by atoms with Crippen LogP contribution in [0.4, 0.5) is 9.59 Å². The Balaban J connectivity index is 1.81. The summed E-state index contributed by atoms with van der Waals surface area (Å²) in [4.78, 5) is 57.3. The summed E-state index contributed by atoms with van der Waals surface area (Å²) >= 11 is 0. The monoisotopic (exact) mass is 536 g/mol. The van der Waals surface area contributed by atoms with Gasteiger partial charge < -0.3 is 14.5 Å². The first-order valence-corrected chi connectivity index (χ1v) is 15.0. The molecule has 0 aromatic heterocycles. The van der Waals surface area contributed by atoms with E-state index in [2.05, 4.69) is 34.6 Å². The summed E-state index contributed by atoms with van der Waals surface area (Å²) in [5.41, 5.74) is -0.857. The Hall–Kier alpha value is -2.16. The van der Waals surface area contributed by atoms with E-state index in [1.165, 1.54) is 9.80 Å². The third-order valence-electron chi connectivity index (χ3n) is 9.11. The van der Waals surface area contributed by atoms with Gasteiger partial charge in [0.2, 0.25) is 0 Å². The van der Waals surface area contributed by atoms with Gasteiger partial charge in [0.25, 0.3) is 11.8 Å². The molecule has 0 aromatic rings. The maximum Gasteiger partial charge on any atom is 0.327 e. The first kappa shape index (κ1) is 32.1. The lowest BCUT2D eigenvalue weighted by molar-refractivity contribution is -0.131. The zero-order valence-electron chi connectivity index (χ0n) is 25.0. The van der Waals surface area contributed by atoms with Crippen LogP contribution in [-0.2, 0) is 14.3 Å². The Morgan fingerprint density at radius 2 is 1.11 bits per heavy atom. The third-order valence-corrected chi connectivity index (χ3v) is 9.11. The van der Waals surface area contributed by atoms with E-state index in [0.29, 0.717) is 19.7 Å². The summed E-state index contributed by atoms with van der Waals surface area (Å²) in [6, 6.07) is -0.304. The van der Waals surface area contributed by atoms with E-state index in [-0.39, 0.29) is 43.1 Å². The second-order valence-electron chi connectivity index (χ2n) is 10.9. The molecule has 0 saturated carbocycles. The highest BCUT2D eigenvalue weighted by Gasteiger charge is 2.48. The van der Waals surface area contributed by atoms with Crippen molar-refractivity contribution in [3.05, 3.63) is 0 Å². The van der Waals surface area contributed by atoms with E-state index in [4.69, 9.17) is 4.74 Å². The molecule has 2 aliphatic heterocycles. The van der Waals surface area contributed by atoms with Gasteiger partial charge in [-0.25, -0.2) is 9.59 Å². The number of hydrogen-bond donors (Lipinski definition) is 0. The quantitative estimate of drug-likeness (QED) is 0.172. The van der Waals surface area contributed by atoms with Crippen molar-refractivity contribution < 1.29 is 23.9 Å². The summed E-state index contributed by atoms with van der Waals surface area (Å²) in [6.07, 6.45) is 8.18. The number of imide groups is 2. The van der Waals surface area contributed by atoms with Crippen molar-refractivity contribution in [2.24, 2.45) is 0 Å². The molecule has 2 aliphatic rings. The number of carbonyl (C=O) groups excluding carboxylic acids is 4. The lowest BCUT2D eigenvalue weighted by Crippen LogP contribution is -2.52. The number of amides is 6. The van der Waals surface area contributed by atoms with Crippen molar-refractivity contribution in [2.45, 2.75) is 130 Å². The van der Waals surface area contributed by atoms with Crippen LogP contribution < -0.4 is 0 Å². The number of hydrogen-bond acceptors (Lipinski definition) is 5. The molecule has 1 atom stereocenters. The van der Waals surface area contributed by atoms with Gasteiger partial charge in [0.05, 0.1) is 17.2 Å². The first-order valence-electron chi connectivity index (χ1n) is 15.0. The standard InChI is InChI=1S/C29H52N4O5/c1-8-28(9-2,32-24(34)21-30(12-5)26(32)36)18-14-15-20-38-23(7)17-16-19-29(10-3,11-4)33-25(35)22-31(13-6)27(33)37/h23H,8-22H2,1-7H3. The Labute approximate surface area is 230 Å². The molecule has 2 heterocycles. The molecule has 0 aromatic carbocycles. The molecule has 0 aliphatic carbocycles. The molecule has 38 heavy (non-hydrogen) atoms. The smallest absolute Gasteiger partial charge is 0.327 e. The molecule has 9 nitrogen and oxygen atoms in total. The Bertz CT molecular complexity index is 824. The number of likely N-dealkylation sites (N-methyl/N-ethyl adjacent to an activating group) is 2. The fourth-order valence-corrected chi connectivity index (χ4v) is 6.23. The lowest BCUT2D eigenvalue weighted by Gasteiger charge is -2.39. The van der Waals surface area contributed by atoms with E-state index < -0.39 is 11.1 Å². The van der Waals surface area contributed by atoms with Crippen LogP contribution in [0, 0.1) is 0 Å². The average Bonchev–Trinajstić information content (AvgIpc) is 3.38. The maximum atomic E-state index is 12.8. The Morgan fingerprint density at radius 1 is 0.684 bits per heavy atom. The topological polar surface area (TPSA) is 90.5 Å². The van der Waals surface area contributed by atoms with Crippen molar-refractivity contribution in [3.8, 4) is 0 Å². The maximum absolute atomic E-state index is 12.8. The number of nitrogens with zero attached hydrogens (tertiary/aromatic N) is 4. The van der Waals surface area contributed by atoms with Crippen molar-refractivity contribution in [1.29, 1.82) is 0 Å². The van der Waals surface area contributed by atoms with Gasteiger partial charge in [0.15, 0.2) is 0 Å². The minimum absolute atomic E-state index is 0.0830. The van der Waals surface area contributed by atoms with Crippen molar-refractivity contribution in [2.75, 3.05) is 32.8 Å². The van der Waals surface area contributed by atoms with Crippen LogP contribution in [0.15, 0.2) is 0 Å². The van der Waals surface area contributed by atoms with Crippen molar-refractivity contribution >= 4 is 23.9 Å². The molecule has 9 heteroatoms. The Kier molecular flexibility index (Phi) is 12.1. The van der Waals surface area contributed by atoms with Crippen LogP contribution in [-0.4, -0.2) is 93.4 Å². The highest BCUT2D eigenvalue weighted by atomic mass is 16.5. The van der Waals surface area contributed by atoms with Gasteiger partial charge in [-0.1, -0.05) is 27.7 Å². The molecule has 2 rings (SSSR count). The molecular weight excluding hydrogens is 484 g/mol. The minimum Gasteiger partial charge on any atom is -0.379 e. The summed E-state index contributed by atoms with van der Waals surface area (Å²) in [5.74, 6) is -0.166. The lowest BCUT2D eigenvalue weighted by atomic mass is 9.85. The average molecular weight is 537 g/mol. The van der Waals surface area contributed by atoms with Crippen LogP contribution in [0.2, 0.25) is 0 Å². The van der Waals surface area contributed by atoms with Crippen LogP contribution >= 0.6 is 0 Å². The zero-order chi connectivity index (χ0) is 28.5. The first-order chi connectivity index (χ1) is 18.1. The molecule has 218 valence electrons. The fourth-order valence-electron chi connectivity index (χ4n) is 6.23. The number of carbonyl (C=O) groups is 4. The largest absolute Gasteiger partial charge is 0.379 e. The van der Waals surface area contributed by atoms with Gasteiger partial charge in [-0.15, -0.1) is 0 Å². The van der Waals surface area contributed by atoms with Gasteiger partial charge in [-0.05, 0) is 85.0 Å². The number of rotatable bonds is 18. The summed E-state index contributed by atoms with van der Waals surface area (Å²) in [7, 11) is 0. The van der Waals surface area contributed by atoms with Crippen molar-refractivity contribution in [3.63, 3.8) is 0 Å². The zero-order valence-corrected chi connectivity index (χ0v) is 25.0. The molecule has 2 fully saturated rings. The highest BCUT2D eigenvalue weighted by Crippen LogP contribution is 2.35. The van der Waals surface area contributed by atoms with Gasteiger partial charge in [-0.3, -0.25) is 19.4 Å². The normalized spacial score (nSPS) is 18.0. The SMILES string of the molecule is CCN1CC(=O)N(C(CC)(CC)CCCCOC(C)CCCC(CC)(CC)N2C(=O)CN(CC)C2=O)C1=O. The van der Waals surface area contributed by atoms with Gasteiger partial charge in [-0.2, -0.15) is 0 Å². The van der Waals surface area contributed by atoms with Crippen molar-refractivity contribution in [1.82, 2.24) is 19.6 Å². The van der Waals surface area contributed by atoms with E-state index in [1.54, 1.807) is 9.80 Å². The number of unbranched alkanes of at least 4 members (excludes halogenated alkanes) is 1. The number of urea groups is 2. The van der Waals surface area contributed by atoms with Gasteiger partial charge >= 0.3 is 12.1 Å². The fraction of sp³-hybridized carbons (Fsp3) is 0.862. The molecule has 0 N–H and O–H groups in total. The van der Waals surface area contributed by atoms with E-state index in [9.17, 15) is 19.2 Å². The molecule has 0 radical (unpaired) electrons. The molecule has 1 unspecified atom stereocenters. The highest BCUT2D eigenvalue weighted by molar-refractivity contribution is 6.03. The summed E-state index contributed by atoms with van der Waals surface area (Å²) in [5, 5.41) is 0. The summed E-state index contributed by atoms with van der Waals surface area (Å²) < 4.78 is 6.10. The van der Waals surface area contributed by atoms with Crippen LogP contribution in [0.25, 0.3) is 0 Å².